The van der Waals surface area contributed by atoms with E-state index < -0.39 is 159 Å². The minimum atomic E-state index is -1.67. The van der Waals surface area contributed by atoms with Gasteiger partial charge in [0.2, 0.25) is 17.7 Å². The molecule has 450 valence electrons. The minimum Gasteiger partial charge on any atom is -0.394 e. The first-order chi connectivity index (χ1) is 37.3. The molecule has 4 aliphatic heterocycles. The highest BCUT2D eigenvalue weighted by Gasteiger charge is 2.46. The summed E-state index contributed by atoms with van der Waals surface area (Å²) in [5, 5.41) is 127. The third kappa shape index (κ3) is 20.9. The van der Waals surface area contributed by atoms with Crippen LogP contribution in [0.15, 0.2) is 0 Å². The smallest absolute Gasteiger partial charge is 0.335 e. The largest absolute Gasteiger partial charge is 0.394 e. The van der Waals surface area contributed by atoms with Gasteiger partial charge in [0.15, 0.2) is 18.9 Å². The Morgan fingerprint density at radius 2 is 0.744 bits per heavy atom. The van der Waals surface area contributed by atoms with Crippen molar-refractivity contribution in [3.8, 4) is 0 Å². The van der Waals surface area contributed by atoms with Gasteiger partial charge in [-0.15, -0.1) is 5.06 Å². The lowest BCUT2D eigenvalue weighted by molar-refractivity contribution is -0.300. The maximum absolute atomic E-state index is 12.8. The Balaban J connectivity index is 1.33. The quantitative estimate of drug-likeness (QED) is 0.0205. The zero-order chi connectivity index (χ0) is 57.4. The molecule has 0 aromatic carbocycles. The van der Waals surface area contributed by atoms with Gasteiger partial charge in [0.1, 0.15) is 73.2 Å². The molecule has 0 bridgehead atoms. The van der Waals surface area contributed by atoms with Gasteiger partial charge in [-0.1, -0.05) is 0 Å². The van der Waals surface area contributed by atoms with Gasteiger partial charge in [-0.25, -0.2) is 4.79 Å². The van der Waals surface area contributed by atoms with Crippen LogP contribution in [0.2, 0.25) is 0 Å². The molecule has 0 unspecified atom stereocenters. The van der Waals surface area contributed by atoms with Crippen LogP contribution in [-0.4, -0.2) is 306 Å². The Hall–Kier alpha value is -3.86. The van der Waals surface area contributed by atoms with Crippen molar-refractivity contribution in [2.24, 2.45) is 5.41 Å². The maximum Gasteiger partial charge on any atom is 0.335 e. The van der Waals surface area contributed by atoms with E-state index >= 15 is 0 Å². The molecule has 0 saturated carbocycles. The zero-order valence-corrected chi connectivity index (χ0v) is 42.7. The summed E-state index contributed by atoms with van der Waals surface area (Å²) in [6.07, 6.45) is -24.0. The number of ether oxygens (including phenoxy) is 10. The Bertz CT molecular complexity index is 1670. The standard InChI is InChI=1S/C45H76N4O29/c50-17-24-33(59)36(62)39(65)42(75-24)72-14-7-46-27(53)3-10-68-20-45(23-71-13-6-32(58)78-49-30(56)1-2-31(49)57,21-69-11-4-28(54)47-8-15-73-43-40(66)37(63)34(60)25(18-51)76-43)22-70-12-5-29(55)48-9-16-74-44-41(67)38(64)35(61)26(19-52)77-44/h24-26,33-44,50-52,59-67H,1-23H2,(H,46,53)(H,47,54)(H,48,55)/t24-,25-,26-,33-,34-,35-,36+,37+,38+,39+,40+,41+,42-,43-,44-/m1/s1. The Morgan fingerprint density at radius 3 is 1.04 bits per heavy atom. The fourth-order valence-corrected chi connectivity index (χ4v) is 7.84. The molecule has 4 saturated heterocycles. The van der Waals surface area contributed by atoms with E-state index in [-0.39, 0.29) is 124 Å². The number of hydrogen-bond acceptors (Lipinski definition) is 29. The summed E-state index contributed by atoms with van der Waals surface area (Å²) in [7, 11) is 0. The van der Waals surface area contributed by atoms with Crippen molar-refractivity contribution in [1.29, 1.82) is 0 Å². The van der Waals surface area contributed by atoms with Crippen LogP contribution in [0.4, 0.5) is 0 Å². The molecule has 4 heterocycles. The molecule has 5 amide bonds. The fraction of sp³-hybridized carbons (Fsp3) is 0.867. The summed E-state index contributed by atoms with van der Waals surface area (Å²) in [6.45, 7) is -5.07. The van der Waals surface area contributed by atoms with E-state index in [2.05, 4.69) is 16.0 Å². The molecule has 0 radical (unpaired) electrons. The molecule has 4 fully saturated rings. The van der Waals surface area contributed by atoms with Crippen molar-refractivity contribution in [1.82, 2.24) is 21.0 Å². The van der Waals surface area contributed by atoms with Crippen LogP contribution < -0.4 is 16.0 Å². The molecule has 4 aliphatic rings. The highest BCUT2D eigenvalue weighted by molar-refractivity contribution is 6.01. The van der Waals surface area contributed by atoms with E-state index in [9.17, 15) is 90.0 Å². The highest BCUT2D eigenvalue weighted by atomic mass is 16.7. The lowest BCUT2D eigenvalue weighted by Gasteiger charge is -2.39. The van der Waals surface area contributed by atoms with E-state index in [0.717, 1.165) is 0 Å². The maximum atomic E-state index is 12.8. The normalized spacial score (nSPS) is 30.6. The first-order valence-corrected chi connectivity index (χ1v) is 25.2. The molecule has 0 aromatic heterocycles. The van der Waals surface area contributed by atoms with E-state index in [4.69, 9.17) is 52.2 Å². The lowest BCUT2D eigenvalue weighted by Crippen LogP contribution is -2.59. The lowest BCUT2D eigenvalue weighted by atomic mass is 9.92. The predicted octanol–water partition coefficient (Wildman–Crippen LogP) is -10.00. The van der Waals surface area contributed by atoms with E-state index in [0.29, 0.717) is 5.06 Å². The first-order valence-electron chi connectivity index (χ1n) is 25.2. The third-order valence-corrected chi connectivity index (χ3v) is 12.4. The number of carbonyl (C=O) groups is 6. The number of nitrogens with one attached hydrogen (secondary N) is 3. The summed E-state index contributed by atoms with van der Waals surface area (Å²) in [5.41, 5.74) is -1.31. The predicted molar refractivity (Wildman–Crippen MR) is 250 cm³/mol. The SMILES string of the molecule is O=C(CCOCC(COCCC(=O)NCCO[C@@H]1O[C@H](CO)[C@@H](O)[C@H](O)[C@@H]1O)(COCCC(=O)NCCO[C@@H]1O[C@H](CO)[C@@H](O)[C@H](O)[C@@H]1O)COCCC(=O)ON1C(=O)CCC1=O)NCCO[C@@H]1O[C@H](CO)[C@@H](O)[C@H](O)[C@@H]1O. The average molecular weight is 1140 g/mol. The van der Waals surface area contributed by atoms with Gasteiger partial charge in [0.05, 0.1) is 104 Å². The Labute approximate surface area is 446 Å². The number of nitrogens with zero attached hydrogens (tertiary/aromatic N) is 1. The van der Waals surface area contributed by atoms with Crippen molar-refractivity contribution < 1.29 is 142 Å². The van der Waals surface area contributed by atoms with Crippen LogP contribution in [0.3, 0.4) is 0 Å². The van der Waals surface area contributed by atoms with Crippen LogP contribution in [0, 0.1) is 5.41 Å². The molecular weight excluding hydrogens is 1060 g/mol. The Morgan fingerprint density at radius 1 is 0.449 bits per heavy atom. The van der Waals surface area contributed by atoms with E-state index in [1.54, 1.807) is 0 Å². The van der Waals surface area contributed by atoms with Crippen LogP contribution in [0.1, 0.15) is 38.5 Å². The summed E-state index contributed by atoms with van der Waals surface area (Å²) in [5.74, 6) is -3.93. The van der Waals surface area contributed by atoms with Crippen LogP contribution in [0.5, 0.6) is 0 Å². The number of aliphatic hydroxyl groups is 12. The topological polar surface area (TPSA) is 486 Å². The monoisotopic (exact) mass is 1140 g/mol. The number of rotatable bonds is 36. The van der Waals surface area contributed by atoms with Crippen LogP contribution in [-0.2, 0) is 81.0 Å². The second-order valence-corrected chi connectivity index (χ2v) is 18.5. The van der Waals surface area contributed by atoms with Gasteiger partial charge in [0, 0.05) is 51.7 Å². The zero-order valence-electron chi connectivity index (χ0n) is 42.7. The molecule has 15 N–H and O–H groups in total. The Kier molecular flexibility index (Phi) is 29.4. The molecule has 4 rings (SSSR count). The molecule has 0 aliphatic carbocycles. The second-order valence-electron chi connectivity index (χ2n) is 18.5. The van der Waals surface area contributed by atoms with Crippen LogP contribution in [0.25, 0.3) is 0 Å². The number of imide groups is 1. The van der Waals surface area contributed by atoms with E-state index in [1.807, 2.05) is 0 Å². The molecule has 15 atom stereocenters. The van der Waals surface area contributed by atoms with Gasteiger partial charge in [-0.2, -0.15) is 0 Å². The summed E-state index contributed by atoms with van der Waals surface area (Å²) in [4.78, 5) is 79.7. The minimum absolute atomic E-state index is 0.104. The molecule has 0 aromatic rings. The van der Waals surface area contributed by atoms with Crippen molar-refractivity contribution >= 4 is 35.5 Å². The molecule has 78 heavy (non-hydrogen) atoms. The first kappa shape index (κ1) is 66.7. The number of amides is 5. The van der Waals surface area contributed by atoms with Crippen LogP contribution >= 0.6 is 0 Å². The summed E-state index contributed by atoms with van der Waals surface area (Å²) < 4.78 is 55.6. The van der Waals surface area contributed by atoms with Crippen molar-refractivity contribution in [2.75, 3.05) is 112 Å². The van der Waals surface area contributed by atoms with Gasteiger partial charge in [-0.3, -0.25) is 24.0 Å². The van der Waals surface area contributed by atoms with Gasteiger partial charge < -0.3 is 129 Å². The third-order valence-electron chi connectivity index (χ3n) is 12.4. The number of carbonyl (C=O) groups excluding carboxylic acids is 6. The van der Waals surface area contributed by atoms with Gasteiger partial charge in [-0.05, 0) is 0 Å². The van der Waals surface area contributed by atoms with Gasteiger partial charge in [0.25, 0.3) is 11.8 Å². The second kappa shape index (κ2) is 34.4. The highest BCUT2D eigenvalue weighted by Crippen LogP contribution is 2.25. The van der Waals surface area contributed by atoms with Crippen molar-refractivity contribution in [3.63, 3.8) is 0 Å². The molecule has 33 nitrogen and oxygen atoms in total. The average Bonchev–Trinajstić information content (AvgIpc) is 3.76. The van der Waals surface area contributed by atoms with Gasteiger partial charge >= 0.3 is 5.97 Å². The number of hydrogen-bond donors (Lipinski definition) is 15. The van der Waals surface area contributed by atoms with Crippen molar-refractivity contribution in [2.45, 2.75) is 131 Å². The summed E-state index contributed by atoms with van der Waals surface area (Å²) >= 11 is 0. The summed E-state index contributed by atoms with van der Waals surface area (Å²) in [6, 6.07) is 0. The van der Waals surface area contributed by atoms with Crippen molar-refractivity contribution in [3.05, 3.63) is 0 Å². The molecule has 33 heteroatoms. The number of aliphatic hydroxyl groups excluding tert-OH is 12. The van der Waals surface area contributed by atoms with E-state index in [1.165, 1.54) is 0 Å². The molecule has 0 spiro atoms. The molecular formula is C45H76N4O29. The number of hydroxylamine groups is 2. The fourth-order valence-electron chi connectivity index (χ4n) is 7.84.